The first-order valence-electron chi connectivity index (χ1n) is 6.19. The van der Waals surface area contributed by atoms with Crippen molar-refractivity contribution in [3.8, 4) is 0 Å². The molecule has 1 heterocycles. The molecule has 1 aromatic carbocycles. The molecular weight excluding hydrogens is 280 g/mol. The lowest BCUT2D eigenvalue weighted by atomic mass is 10.1. The monoisotopic (exact) mass is 296 g/mol. The summed E-state index contributed by atoms with van der Waals surface area (Å²) in [7, 11) is -3.28. The van der Waals surface area contributed by atoms with Crippen LogP contribution in [-0.4, -0.2) is 50.5 Å². The van der Waals surface area contributed by atoms with Crippen molar-refractivity contribution in [1.29, 1.82) is 0 Å². The highest BCUT2D eigenvalue weighted by molar-refractivity contribution is 7.90. The summed E-state index contributed by atoms with van der Waals surface area (Å²) in [6.07, 6.45) is 1.11. The van der Waals surface area contributed by atoms with Crippen LogP contribution >= 0.6 is 0 Å². The zero-order valence-electron chi connectivity index (χ0n) is 11.3. The van der Waals surface area contributed by atoms with Crippen LogP contribution in [0.3, 0.4) is 0 Å². The molecule has 1 aromatic rings. The fraction of sp³-hybridized carbons (Fsp3) is 0.385. The van der Waals surface area contributed by atoms with Crippen molar-refractivity contribution in [3.05, 3.63) is 29.8 Å². The smallest absolute Gasteiger partial charge is 0.254 e. The SMILES string of the molecule is CC1C(=O)NCCN1C(=O)c1ccc(S(C)(=O)=O)cc1. The summed E-state index contributed by atoms with van der Waals surface area (Å²) in [5.41, 5.74) is 0.374. The third kappa shape index (κ3) is 2.82. The summed E-state index contributed by atoms with van der Waals surface area (Å²) in [5.74, 6) is -0.454. The Morgan fingerprint density at radius 3 is 2.45 bits per heavy atom. The molecule has 0 aliphatic carbocycles. The molecule has 0 radical (unpaired) electrons. The van der Waals surface area contributed by atoms with Crippen molar-refractivity contribution in [1.82, 2.24) is 10.2 Å². The van der Waals surface area contributed by atoms with Gasteiger partial charge in [-0.25, -0.2) is 8.42 Å². The topological polar surface area (TPSA) is 83.6 Å². The minimum atomic E-state index is -3.28. The quantitative estimate of drug-likeness (QED) is 0.836. The van der Waals surface area contributed by atoms with Gasteiger partial charge in [0.2, 0.25) is 5.91 Å². The van der Waals surface area contributed by atoms with E-state index in [0.717, 1.165) is 6.26 Å². The van der Waals surface area contributed by atoms with E-state index in [1.165, 1.54) is 29.2 Å². The van der Waals surface area contributed by atoms with Crippen molar-refractivity contribution < 1.29 is 18.0 Å². The molecule has 1 aliphatic heterocycles. The van der Waals surface area contributed by atoms with Crippen LogP contribution in [0.2, 0.25) is 0 Å². The van der Waals surface area contributed by atoms with Crippen LogP contribution in [0, 0.1) is 0 Å². The zero-order valence-corrected chi connectivity index (χ0v) is 12.1. The fourth-order valence-corrected chi connectivity index (χ4v) is 2.70. The average Bonchev–Trinajstić information content (AvgIpc) is 2.40. The number of carbonyl (C=O) groups excluding carboxylic acids is 2. The number of piperazine rings is 1. The minimum absolute atomic E-state index is 0.165. The summed E-state index contributed by atoms with van der Waals surface area (Å²) >= 11 is 0. The van der Waals surface area contributed by atoms with E-state index >= 15 is 0 Å². The number of carbonyl (C=O) groups is 2. The molecule has 7 heteroatoms. The fourth-order valence-electron chi connectivity index (χ4n) is 2.07. The van der Waals surface area contributed by atoms with Gasteiger partial charge in [-0.3, -0.25) is 9.59 Å². The van der Waals surface area contributed by atoms with Crippen LogP contribution in [0.4, 0.5) is 0 Å². The number of nitrogens with zero attached hydrogens (tertiary/aromatic N) is 1. The predicted octanol–water partition coefficient (Wildman–Crippen LogP) is 0.0506. The van der Waals surface area contributed by atoms with Crippen LogP contribution in [-0.2, 0) is 14.6 Å². The number of hydrogen-bond donors (Lipinski definition) is 1. The van der Waals surface area contributed by atoms with Crippen LogP contribution in [0.5, 0.6) is 0 Å². The van der Waals surface area contributed by atoms with Gasteiger partial charge in [-0.2, -0.15) is 0 Å². The van der Waals surface area contributed by atoms with E-state index in [1.807, 2.05) is 0 Å². The lowest BCUT2D eigenvalue weighted by Gasteiger charge is -2.32. The predicted molar refractivity (Wildman–Crippen MR) is 73.1 cm³/mol. The van der Waals surface area contributed by atoms with Crippen molar-refractivity contribution in [2.45, 2.75) is 17.9 Å². The Hall–Kier alpha value is -1.89. The van der Waals surface area contributed by atoms with Gasteiger partial charge in [-0.15, -0.1) is 0 Å². The van der Waals surface area contributed by atoms with Crippen LogP contribution < -0.4 is 5.32 Å². The maximum atomic E-state index is 12.3. The lowest BCUT2D eigenvalue weighted by molar-refractivity contribution is -0.127. The van der Waals surface area contributed by atoms with E-state index in [4.69, 9.17) is 0 Å². The molecule has 2 amide bonds. The average molecular weight is 296 g/mol. The highest BCUT2D eigenvalue weighted by Gasteiger charge is 2.29. The second-order valence-corrected chi connectivity index (χ2v) is 6.78. The molecule has 0 saturated carbocycles. The van der Waals surface area contributed by atoms with Crippen molar-refractivity contribution >= 4 is 21.7 Å². The molecule has 20 heavy (non-hydrogen) atoms. The van der Waals surface area contributed by atoms with Gasteiger partial charge >= 0.3 is 0 Å². The number of sulfone groups is 1. The number of amides is 2. The largest absolute Gasteiger partial charge is 0.353 e. The first-order valence-corrected chi connectivity index (χ1v) is 8.08. The van der Waals surface area contributed by atoms with Gasteiger partial charge < -0.3 is 10.2 Å². The van der Waals surface area contributed by atoms with E-state index in [0.29, 0.717) is 18.7 Å². The van der Waals surface area contributed by atoms with Crippen molar-refractivity contribution in [2.24, 2.45) is 0 Å². The summed E-state index contributed by atoms with van der Waals surface area (Å²) in [6, 6.07) is 5.22. The molecule has 0 bridgehead atoms. The van der Waals surface area contributed by atoms with E-state index < -0.39 is 15.9 Å². The molecule has 0 spiro atoms. The Balaban J connectivity index is 2.23. The Morgan fingerprint density at radius 2 is 1.90 bits per heavy atom. The second kappa shape index (κ2) is 5.24. The van der Waals surface area contributed by atoms with Crippen molar-refractivity contribution in [3.63, 3.8) is 0 Å². The van der Waals surface area contributed by atoms with Gasteiger partial charge in [0.05, 0.1) is 4.90 Å². The molecule has 6 nitrogen and oxygen atoms in total. The molecule has 1 N–H and O–H groups in total. The third-order valence-corrected chi connectivity index (χ3v) is 4.42. The van der Waals surface area contributed by atoms with E-state index in [1.54, 1.807) is 6.92 Å². The standard InChI is InChI=1S/C13H16N2O4S/c1-9-12(16)14-7-8-15(9)13(17)10-3-5-11(6-4-10)20(2,18)19/h3-6,9H,7-8H2,1-2H3,(H,14,16). The number of nitrogens with one attached hydrogen (secondary N) is 1. The third-order valence-electron chi connectivity index (χ3n) is 3.29. The van der Waals surface area contributed by atoms with Gasteiger partial charge in [0, 0.05) is 24.9 Å². The molecule has 2 rings (SSSR count). The van der Waals surface area contributed by atoms with Crippen LogP contribution in [0.25, 0.3) is 0 Å². The molecular formula is C13H16N2O4S. The molecule has 1 unspecified atom stereocenters. The molecule has 1 aliphatic rings. The van der Waals surface area contributed by atoms with Gasteiger partial charge in [0.25, 0.3) is 5.91 Å². The highest BCUT2D eigenvalue weighted by atomic mass is 32.2. The van der Waals surface area contributed by atoms with E-state index in [9.17, 15) is 18.0 Å². The van der Waals surface area contributed by atoms with Gasteiger partial charge in [0.15, 0.2) is 9.84 Å². The highest BCUT2D eigenvalue weighted by Crippen LogP contribution is 2.14. The van der Waals surface area contributed by atoms with Crippen molar-refractivity contribution in [2.75, 3.05) is 19.3 Å². The molecule has 1 atom stereocenters. The normalized spacial score (nSPS) is 19.6. The van der Waals surface area contributed by atoms with E-state index in [-0.39, 0.29) is 16.7 Å². The van der Waals surface area contributed by atoms with Gasteiger partial charge in [-0.05, 0) is 31.2 Å². The Kier molecular flexibility index (Phi) is 3.80. The molecule has 108 valence electrons. The summed E-state index contributed by atoms with van der Waals surface area (Å²) in [5, 5.41) is 2.68. The number of rotatable bonds is 2. The molecule has 0 aromatic heterocycles. The van der Waals surface area contributed by atoms with Gasteiger partial charge in [0.1, 0.15) is 6.04 Å². The second-order valence-electron chi connectivity index (χ2n) is 4.76. The summed E-state index contributed by atoms with van der Waals surface area (Å²) in [6.45, 7) is 2.53. The zero-order chi connectivity index (χ0) is 14.9. The maximum Gasteiger partial charge on any atom is 0.254 e. The Labute approximate surface area is 117 Å². The first-order chi connectivity index (χ1) is 9.30. The minimum Gasteiger partial charge on any atom is -0.353 e. The Bertz CT molecular complexity index is 637. The summed E-state index contributed by atoms with van der Waals surface area (Å²) in [4.78, 5) is 25.5. The lowest BCUT2D eigenvalue weighted by Crippen LogP contribution is -2.55. The number of hydrogen-bond acceptors (Lipinski definition) is 4. The molecule has 1 saturated heterocycles. The summed E-state index contributed by atoms with van der Waals surface area (Å²) < 4.78 is 22.7. The van der Waals surface area contributed by atoms with Crippen LogP contribution in [0.1, 0.15) is 17.3 Å². The molecule has 1 fully saturated rings. The maximum absolute atomic E-state index is 12.3. The van der Waals surface area contributed by atoms with Crippen LogP contribution in [0.15, 0.2) is 29.2 Å². The van der Waals surface area contributed by atoms with Gasteiger partial charge in [-0.1, -0.05) is 0 Å². The van der Waals surface area contributed by atoms with E-state index in [2.05, 4.69) is 5.32 Å². The first kappa shape index (κ1) is 14.5. The number of benzene rings is 1. The Morgan fingerprint density at radius 1 is 1.30 bits per heavy atom.